The Morgan fingerprint density at radius 1 is 1.32 bits per heavy atom. The van der Waals surface area contributed by atoms with Crippen LogP contribution in [0.1, 0.15) is 18.9 Å². The number of nitrogens with zero attached hydrogens (tertiary/aromatic N) is 3. The van der Waals surface area contributed by atoms with Crippen LogP contribution in [0.4, 0.5) is 17.5 Å². The van der Waals surface area contributed by atoms with Gasteiger partial charge in [0.15, 0.2) is 5.82 Å². The molecule has 100 valence electrons. The molecule has 2 aromatic rings. The average Bonchev–Trinajstić information content (AvgIpc) is 2.41. The molecular formula is C13H16ClN5. The summed E-state index contributed by atoms with van der Waals surface area (Å²) >= 11 is 5.98. The molecule has 0 radical (unpaired) electrons. The monoisotopic (exact) mass is 277 g/mol. The van der Waals surface area contributed by atoms with Crippen molar-refractivity contribution in [3.8, 4) is 0 Å². The summed E-state index contributed by atoms with van der Waals surface area (Å²) in [6, 6.07) is 5.67. The first-order valence-electron chi connectivity index (χ1n) is 6.16. The summed E-state index contributed by atoms with van der Waals surface area (Å²) in [6.07, 6.45) is 2.59. The maximum absolute atomic E-state index is 5.98. The molecule has 1 aromatic heterocycles. The van der Waals surface area contributed by atoms with Gasteiger partial charge in [0.25, 0.3) is 0 Å². The van der Waals surface area contributed by atoms with Crippen molar-refractivity contribution in [2.24, 2.45) is 0 Å². The lowest BCUT2D eigenvalue weighted by molar-refractivity contribution is 0.913. The second-order valence-corrected chi connectivity index (χ2v) is 4.61. The van der Waals surface area contributed by atoms with E-state index in [1.54, 1.807) is 6.20 Å². The Morgan fingerprint density at radius 3 is 2.95 bits per heavy atom. The summed E-state index contributed by atoms with van der Waals surface area (Å²) in [6.45, 7) is 4.91. The minimum absolute atomic E-state index is 0.520. The average molecular weight is 278 g/mol. The number of hydrogen-bond donors (Lipinski definition) is 2. The van der Waals surface area contributed by atoms with Gasteiger partial charge in [0.05, 0.1) is 6.20 Å². The quantitative estimate of drug-likeness (QED) is 0.877. The summed E-state index contributed by atoms with van der Waals surface area (Å²) in [5.74, 6) is 1.16. The number of aryl methyl sites for hydroxylation is 1. The van der Waals surface area contributed by atoms with Crippen LogP contribution in [0.2, 0.25) is 5.02 Å². The number of nitrogens with one attached hydrogen (secondary N) is 2. The Kier molecular flexibility index (Phi) is 4.52. The van der Waals surface area contributed by atoms with Crippen molar-refractivity contribution in [3.05, 3.63) is 35.0 Å². The molecule has 0 fully saturated rings. The first kappa shape index (κ1) is 13.5. The molecule has 0 spiro atoms. The van der Waals surface area contributed by atoms with Gasteiger partial charge in [-0.05, 0) is 31.0 Å². The normalized spacial score (nSPS) is 10.3. The Balaban J connectivity index is 2.16. The second-order valence-electron chi connectivity index (χ2n) is 4.18. The molecule has 0 aliphatic heterocycles. The first-order valence-corrected chi connectivity index (χ1v) is 6.53. The van der Waals surface area contributed by atoms with Crippen LogP contribution < -0.4 is 10.6 Å². The zero-order valence-electron chi connectivity index (χ0n) is 10.9. The standard InChI is InChI=1S/C13H16ClN5/c1-3-6-15-13-18-12(8-16-19-13)17-11-7-10(14)5-4-9(11)2/h4-5,7-8H,3,6H2,1-2H3,(H2,15,17,18,19). The first-order chi connectivity index (χ1) is 9.19. The van der Waals surface area contributed by atoms with Crippen LogP contribution in [-0.4, -0.2) is 21.7 Å². The van der Waals surface area contributed by atoms with E-state index in [1.807, 2.05) is 25.1 Å². The van der Waals surface area contributed by atoms with Crippen molar-refractivity contribution < 1.29 is 0 Å². The fourth-order valence-electron chi connectivity index (χ4n) is 1.54. The minimum Gasteiger partial charge on any atom is -0.353 e. The van der Waals surface area contributed by atoms with Gasteiger partial charge in [0.2, 0.25) is 5.95 Å². The van der Waals surface area contributed by atoms with Gasteiger partial charge in [0, 0.05) is 17.3 Å². The van der Waals surface area contributed by atoms with Crippen LogP contribution in [0, 0.1) is 6.92 Å². The van der Waals surface area contributed by atoms with E-state index < -0.39 is 0 Å². The molecule has 6 heteroatoms. The van der Waals surface area contributed by atoms with E-state index in [0.29, 0.717) is 16.8 Å². The fourth-order valence-corrected chi connectivity index (χ4v) is 1.71. The SMILES string of the molecule is CCCNc1nncc(Nc2cc(Cl)ccc2C)n1. The summed E-state index contributed by atoms with van der Waals surface area (Å²) in [7, 11) is 0. The number of halogens is 1. The molecule has 0 saturated heterocycles. The largest absolute Gasteiger partial charge is 0.353 e. The van der Waals surface area contributed by atoms with Crippen LogP contribution in [-0.2, 0) is 0 Å². The molecule has 1 heterocycles. The third kappa shape index (κ3) is 3.79. The molecule has 0 unspecified atom stereocenters. The van der Waals surface area contributed by atoms with E-state index in [1.165, 1.54) is 0 Å². The molecule has 0 amide bonds. The van der Waals surface area contributed by atoms with Crippen LogP contribution >= 0.6 is 11.6 Å². The Hall–Kier alpha value is -1.88. The third-order valence-corrected chi connectivity index (χ3v) is 2.79. The second kappa shape index (κ2) is 6.33. The predicted molar refractivity (Wildman–Crippen MR) is 78.1 cm³/mol. The third-order valence-electron chi connectivity index (χ3n) is 2.55. The highest BCUT2D eigenvalue weighted by atomic mass is 35.5. The minimum atomic E-state index is 0.520. The summed E-state index contributed by atoms with van der Waals surface area (Å²) in [5, 5.41) is 14.8. The van der Waals surface area contributed by atoms with E-state index >= 15 is 0 Å². The van der Waals surface area contributed by atoms with Gasteiger partial charge in [-0.25, -0.2) is 0 Å². The molecule has 5 nitrogen and oxygen atoms in total. The maximum atomic E-state index is 5.98. The summed E-state index contributed by atoms with van der Waals surface area (Å²) in [4.78, 5) is 4.34. The molecule has 0 saturated carbocycles. The predicted octanol–water partition coefficient (Wildman–Crippen LogP) is 3.40. The van der Waals surface area contributed by atoms with Gasteiger partial charge < -0.3 is 10.6 Å². The van der Waals surface area contributed by atoms with Gasteiger partial charge in [-0.1, -0.05) is 24.6 Å². The van der Waals surface area contributed by atoms with Crippen LogP contribution in [0.3, 0.4) is 0 Å². The lowest BCUT2D eigenvalue weighted by atomic mass is 10.2. The summed E-state index contributed by atoms with van der Waals surface area (Å²) in [5.41, 5.74) is 2.00. The van der Waals surface area contributed by atoms with Gasteiger partial charge in [-0.15, -0.1) is 5.10 Å². The van der Waals surface area contributed by atoms with Crippen LogP contribution in [0.15, 0.2) is 24.4 Å². The highest BCUT2D eigenvalue weighted by Gasteiger charge is 2.03. The molecule has 2 rings (SSSR count). The molecule has 0 bridgehead atoms. The lowest BCUT2D eigenvalue weighted by Gasteiger charge is -2.09. The molecule has 19 heavy (non-hydrogen) atoms. The fraction of sp³-hybridized carbons (Fsp3) is 0.308. The Labute approximate surface area is 117 Å². The zero-order chi connectivity index (χ0) is 13.7. The molecular weight excluding hydrogens is 262 g/mol. The topological polar surface area (TPSA) is 62.7 Å². The molecule has 1 aromatic carbocycles. The highest BCUT2D eigenvalue weighted by molar-refractivity contribution is 6.30. The number of aromatic nitrogens is 3. The number of anilines is 3. The van der Waals surface area contributed by atoms with Crippen molar-refractivity contribution in [1.29, 1.82) is 0 Å². The van der Waals surface area contributed by atoms with Gasteiger partial charge in [-0.2, -0.15) is 10.1 Å². The van der Waals surface area contributed by atoms with Crippen molar-refractivity contribution >= 4 is 29.1 Å². The van der Waals surface area contributed by atoms with Crippen molar-refractivity contribution in [3.63, 3.8) is 0 Å². The summed E-state index contributed by atoms with van der Waals surface area (Å²) < 4.78 is 0. The zero-order valence-corrected chi connectivity index (χ0v) is 11.7. The van der Waals surface area contributed by atoms with Crippen LogP contribution in [0.5, 0.6) is 0 Å². The number of hydrogen-bond acceptors (Lipinski definition) is 5. The Bertz CT molecular complexity index is 558. The van der Waals surface area contributed by atoms with E-state index in [2.05, 4.69) is 32.7 Å². The smallest absolute Gasteiger partial charge is 0.244 e. The molecule has 0 aliphatic rings. The van der Waals surface area contributed by atoms with Crippen LogP contribution in [0.25, 0.3) is 0 Å². The molecule has 2 N–H and O–H groups in total. The highest BCUT2D eigenvalue weighted by Crippen LogP contribution is 2.23. The molecule has 0 aliphatic carbocycles. The maximum Gasteiger partial charge on any atom is 0.244 e. The van der Waals surface area contributed by atoms with Gasteiger partial charge in [0.1, 0.15) is 0 Å². The van der Waals surface area contributed by atoms with Gasteiger partial charge in [-0.3, -0.25) is 0 Å². The van der Waals surface area contributed by atoms with E-state index in [0.717, 1.165) is 24.2 Å². The van der Waals surface area contributed by atoms with Crippen molar-refractivity contribution in [2.75, 3.05) is 17.2 Å². The Morgan fingerprint density at radius 2 is 2.16 bits per heavy atom. The number of benzene rings is 1. The van der Waals surface area contributed by atoms with Crippen molar-refractivity contribution in [1.82, 2.24) is 15.2 Å². The van der Waals surface area contributed by atoms with E-state index in [4.69, 9.17) is 11.6 Å². The van der Waals surface area contributed by atoms with Crippen molar-refractivity contribution in [2.45, 2.75) is 20.3 Å². The number of rotatable bonds is 5. The van der Waals surface area contributed by atoms with E-state index in [-0.39, 0.29) is 0 Å². The molecule has 0 atom stereocenters. The van der Waals surface area contributed by atoms with Gasteiger partial charge >= 0.3 is 0 Å². The van der Waals surface area contributed by atoms with E-state index in [9.17, 15) is 0 Å². The lowest BCUT2D eigenvalue weighted by Crippen LogP contribution is -2.07.